The first-order chi connectivity index (χ1) is 17.7. The third-order valence-corrected chi connectivity index (χ3v) is 7.10. The van der Waals surface area contributed by atoms with E-state index in [2.05, 4.69) is 4.98 Å². The number of aromatic nitrogens is 1. The molecule has 0 spiro atoms. The van der Waals surface area contributed by atoms with E-state index in [-0.39, 0.29) is 6.61 Å². The number of hydrogen-bond donors (Lipinski definition) is 1. The van der Waals surface area contributed by atoms with Gasteiger partial charge in [-0.3, -0.25) is 14.7 Å². The average molecular weight is 521 g/mol. The van der Waals surface area contributed by atoms with Crippen LogP contribution >= 0.6 is 0 Å². The van der Waals surface area contributed by atoms with E-state index in [1.807, 2.05) is 4.90 Å². The Morgan fingerprint density at radius 1 is 1.08 bits per heavy atom. The Balaban J connectivity index is 1.33. The monoisotopic (exact) mass is 520 g/mol. The molecule has 1 aliphatic rings. The van der Waals surface area contributed by atoms with E-state index in [9.17, 15) is 27.5 Å². The molecule has 198 valence electrons. The molecule has 10 heteroatoms. The summed E-state index contributed by atoms with van der Waals surface area (Å²) in [5.41, 5.74) is 0.184. The first-order valence-electron chi connectivity index (χ1n) is 12.1. The van der Waals surface area contributed by atoms with Gasteiger partial charge < -0.3 is 14.6 Å². The van der Waals surface area contributed by atoms with Crippen LogP contribution in [-0.2, 0) is 11.2 Å². The second kappa shape index (κ2) is 11.3. The van der Waals surface area contributed by atoms with Gasteiger partial charge in [-0.05, 0) is 69.0 Å². The lowest BCUT2D eigenvalue weighted by atomic mass is 9.74. The number of carboxylic acids is 1. The van der Waals surface area contributed by atoms with Crippen LogP contribution in [0.5, 0.6) is 11.5 Å². The number of carbonyl (C=O) groups is 1. The predicted octanol–water partition coefficient (Wildman–Crippen LogP) is 5.37. The van der Waals surface area contributed by atoms with Crippen LogP contribution in [0.15, 0.2) is 36.5 Å². The van der Waals surface area contributed by atoms with E-state index in [0.717, 1.165) is 0 Å². The summed E-state index contributed by atoms with van der Waals surface area (Å²) in [6, 6.07) is 6.35. The Morgan fingerprint density at radius 3 is 2.43 bits per heavy atom. The minimum Gasteiger partial charge on any atom is -0.497 e. The molecule has 6 nitrogen and oxygen atoms in total. The van der Waals surface area contributed by atoms with Crippen LogP contribution in [0.25, 0.3) is 10.9 Å². The summed E-state index contributed by atoms with van der Waals surface area (Å²) >= 11 is 0. The number of aryl methyl sites for hydroxylation is 1. The number of halogens is 4. The summed E-state index contributed by atoms with van der Waals surface area (Å²) in [4.78, 5) is 18.3. The molecule has 37 heavy (non-hydrogen) atoms. The van der Waals surface area contributed by atoms with Crippen LogP contribution in [-0.4, -0.2) is 54.3 Å². The van der Waals surface area contributed by atoms with Crippen molar-refractivity contribution < 1.29 is 36.9 Å². The van der Waals surface area contributed by atoms with E-state index in [4.69, 9.17) is 9.47 Å². The zero-order chi connectivity index (χ0) is 26.6. The molecule has 1 N–H and O–H groups in total. The molecule has 1 aromatic heterocycles. The Hall–Kier alpha value is -3.40. The SMILES string of the molecule is COc1ccc2ncc(F)c(CCCC3(C(=O)O)CCN(CCOc4c(F)cc(F)cc4F)CC3)c2c1. The first kappa shape index (κ1) is 26.7. The summed E-state index contributed by atoms with van der Waals surface area (Å²) in [5.74, 6) is -4.62. The van der Waals surface area contributed by atoms with Gasteiger partial charge in [-0.25, -0.2) is 17.6 Å². The zero-order valence-electron chi connectivity index (χ0n) is 20.4. The van der Waals surface area contributed by atoms with Gasteiger partial charge in [0.05, 0.1) is 24.2 Å². The fourth-order valence-corrected chi connectivity index (χ4v) is 4.91. The van der Waals surface area contributed by atoms with E-state index in [1.54, 1.807) is 18.2 Å². The first-order valence-corrected chi connectivity index (χ1v) is 12.1. The Morgan fingerprint density at radius 2 is 1.78 bits per heavy atom. The fraction of sp³-hybridized carbons (Fsp3) is 0.407. The molecule has 0 amide bonds. The highest BCUT2D eigenvalue weighted by Gasteiger charge is 2.40. The smallest absolute Gasteiger partial charge is 0.309 e. The summed E-state index contributed by atoms with van der Waals surface area (Å²) in [6.45, 7) is 1.24. The van der Waals surface area contributed by atoms with Crippen LogP contribution in [0.2, 0.25) is 0 Å². The number of benzene rings is 2. The normalized spacial score (nSPS) is 15.6. The second-order valence-electron chi connectivity index (χ2n) is 9.30. The van der Waals surface area contributed by atoms with Crippen molar-refractivity contribution >= 4 is 16.9 Å². The quantitative estimate of drug-likeness (QED) is 0.363. The van der Waals surface area contributed by atoms with Crippen LogP contribution in [0.1, 0.15) is 31.2 Å². The van der Waals surface area contributed by atoms with Crippen LogP contribution in [0.3, 0.4) is 0 Å². The minimum absolute atomic E-state index is 0.0304. The van der Waals surface area contributed by atoms with Crippen molar-refractivity contribution in [1.29, 1.82) is 0 Å². The molecule has 4 rings (SSSR count). The lowest BCUT2D eigenvalue weighted by molar-refractivity contribution is -0.152. The topological polar surface area (TPSA) is 71.9 Å². The lowest BCUT2D eigenvalue weighted by Gasteiger charge is -2.39. The number of likely N-dealkylation sites (tertiary alicyclic amines) is 1. The molecule has 1 fully saturated rings. The summed E-state index contributed by atoms with van der Waals surface area (Å²) in [5, 5.41) is 10.7. The molecule has 1 aliphatic heterocycles. The van der Waals surface area contributed by atoms with Crippen molar-refractivity contribution in [2.24, 2.45) is 5.41 Å². The molecule has 2 aromatic carbocycles. The molecule has 0 aliphatic carbocycles. The van der Waals surface area contributed by atoms with Gasteiger partial charge in [-0.15, -0.1) is 0 Å². The van der Waals surface area contributed by atoms with Gasteiger partial charge in [0.25, 0.3) is 0 Å². The van der Waals surface area contributed by atoms with Gasteiger partial charge in [-0.2, -0.15) is 0 Å². The number of fused-ring (bicyclic) bond motifs is 1. The minimum atomic E-state index is -1.11. The molecule has 0 radical (unpaired) electrons. The lowest BCUT2D eigenvalue weighted by Crippen LogP contribution is -2.45. The summed E-state index contributed by atoms with van der Waals surface area (Å²) in [6.07, 6.45) is 3.17. The molecule has 1 saturated heterocycles. The number of hydrogen-bond acceptors (Lipinski definition) is 5. The third-order valence-electron chi connectivity index (χ3n) is 7.10. The Labute approximate surface area is 211 Å². The highest BCUT2D eigenvalue weighted by atomic mass is 19.1. The van der Waals surface area contributed by atoms with E-state index < -0.39 is 40.4 Å². The van der Waals surface area contributed by atoms with Crippen LogP contribution in [0.4, 0.5) is 17.6 Å². The number of aliphatic carboxylic acids is 1. The molecule has 3 aromatic rings. The average Bonchev–Trinajstić information content (AvgIpc) is 2.87. The van der Waals surface area contributed by atoms with Gasteiger partial charge >= 0.3 is 5.97 Å². The number of pyridine rings is 1. The molecule has 0 bridgehead atoms. The fourth-order valence-electron chi connectivity index (χ4n) is 4.91. The summed E-state index contributed by atoms with van der Waals surface area (Å²) in [7, 11) is 1.53. The van der Waals surface area contributed by atoms with Crippen molar-refractivity contribution in [2.75, 3.05) is 33.4 Å². The largest absolute Gasteiger partial charge is 0.497 e. The molecule has 0 saturated carbocycles. The van der Waals surface area contributed by atoms with Crippen molar-refractivity contribution in [2.45, 2.75) is 32.1 Å². The van der Waals surface area contributed by atoms with E-state index in [1.165, 1.54) is 13.3 Å². The van der Waals surface area contributed by atoms with Crippen molar-refractivity contribution in [3.8, 4) is 11.5 Å². The standard InChI is InChI=1S/C27H28F4N2O4/c1-36-18-4-5-24-20(15-18)19(23(31)16-32-24)3-2-6-27(26(34)35)7-9-33(10-8-27)11-12-37-25-21(29)13-17(28)14-22(25)30/h4-5,13-16H,2-3,6-12H2,1H3,(H,34,35). The Bertz CT molecular complexity index is 1260. The van der Waals surface area contributed by atoms with Gasteiger partial charge in [0.2, 0.25) is 0 Å². The number of carboxylic acid groups (broad SMARTS) is 1. The molecule has 0 unspecified atom stereocenters. The maximum Gasteiger partial charge on any atom is 0.309 e. The van der Waals surface area contributed by atoms with Crippen molar-refractivity contribution in [1.82, 2.24) is 9.88 Å². The maximum atomic E-state index is 14.6. The van der Waals surface area contributed by atoms with Gasteiger partial charge in [0.15, 0.2) is 17.4 Å². The highest BCUT2D eigenvalue weighted by Crippen LogP contribution is 2.38. The van der Waals surface area contributed by atoms with E-state index in [0.29, 0.717) is 86.1 Å². The van der Waals surface area contributed by atoms with Crippen LogP contribution < -0.4 is 9.47 Å². The highest BCUT2D eigenvalue weighted by molar-refractivity contribution is 5.83. The van der Waals surface area contributed by atoms with Gasteiger partial charge in [-0.1, -0.05) is 0 Å². The van der Waals surface area contributed by atoms with Gasteiger partial charge in [0.1, 0.15) is 24.0 Å². The van der Waals surface area contributed by atoms with E-state index >= 15 is 0 Å². The molecule has 2 heterocycles. The number of rotatable bonds is 10. The molecular weight excluding hydrogens is 492 g/mol. The third kappa shape index (κ3) is 5.95. The second-order valence-corrected chi connectivity index (χ2v) is 9.30. The number of nitrogens with zero attached hydrogens (tertiary/aromatic N) is 2. The van der Waals surface area contributed by atoms with Crippen molar-refractivity contribution in [3.05, 3.63) is 65.4 Å². The number of ether oxygens (including phenoxy) is 2. The number of piperidine rings is 1. The van der Waals surface area contributed by atoms with Crippen molar-refractivity contribution in [3.63, 3.8) is 0 Å². The number of methoxy groups -OCH3 is 1. The van der Waals surface area contributed by atoms with Gasteiger partial charge in [0, 0.05) is 24.1 Å². The molecule has 0 atom stereocenters. The zero-order valence-corrected chi connectivity index (χ0v) is 20.4. The predicted molar refractivity (Wildman–Crippen MR) is 129 cm³/mol. The Kier molecular flexibility index (Phi) is 8.16. The van der Waals surface area contributed by atoms with Crippen LogP contribution in [0, 0.1) is 28.7 Å². The maximum absolute atomic E-state index is 14.6. The summed E-state index contributed by atoms with van der Waals surface area (Å²) < 4.78 is 65.6. The molecular formula is C27H28F4N2O4.